The molecular weight excluding hydrogens is 311 g/mol. The van der Waals surface area contributed by atoms with Crippen molar-refractivity contribution in [1.29, 1.82) is 0 Å². The third-order valence-electron chi connectivity index (χ3n) is 2.92. The zero-order valence-corrected chi connectivity index (χ0v) is 12.5. The molecule has 0 amide bonds. The van der Waals surface area contributed by atoms with E-state index in [1.54, 1.807) is 25.3 Å². The first-order valence-electron chi connectivity index (χ1n) is 6.11. The summed E-state index contributed by atoms with van der Waals surface area (Å²) < 4.78 is 10.4. The van der Waals surface area contributed by atoms with Crippen molar-refractivity contribution in [2.24, 2.45) is 0 Å². The minimum absolute atomic E-state index is 0.342. The molecule has 0 aliphatic carbocycles. The van der Waals surface area contributed by atoms with Gasteiger partial charge in [0.25, 0.3) is 5.89 Å². The molecule has 0 radical (unpaired) electrons. The number of aromatic nitrogens is 2. The Hall–Kier alpha value is -2.04. The predicted octanol–water partition coefficient (Wildman–Crippen LogP) is 4.72. The van der Waals surface area contributed by atoms with E-state index in [4.69, 9.17) is 32.5 Å². The molecule has 0 spiro atoms. The minimum atomic E-state index is 0.342. The maximum absolute atomic E-state index is 6.13. The van der Waals surface area contributed by atoms with E-state index in [0.717, 1.165) is 11.3 Å². The molecule has 3 aromatic rings. The van der Waals surface area contributed by atoms with Crippen LogP contribution in [0.5, 0.6) is 5.75 Å². The smallest absolute Gasteiger partial charge is 0.259 e. The van der Waals surface area contributed by atoms with Gasteiger partial charge in [-0.1, -0.05) is 40.5 Å². The van der Waals surface area contributed by atoms with Crippen molar-refractivity contribution >= 4 is 23.2 Å². The first-order chi connectivity index (χ1) is 10.2. The van der Waals surface area contributed by atoms with Crippen LogP contribution in [-0.4, -0.2) is 17.3 Å². The Balaban J connectivity index is 1.99. The van der Waals surface area contributed by atoms with Crippen LogP contribution in [0.3, 0.4) is 0 Å². The van der Waals surface area contributed by atoms with Crippen molar-refractivity contribution in [2.45, 2.75) is 0 Å². The number of hydrogen-bond acceptors (Lipinski definition) is 4. The average Bonchev–Trinajstić information content (AvgIpc) is 2.97. The first kappa shape index (κ1) is 13.9. The van der Waals surface area contributed by atoms with Crippen LogP contribution in [0.25, 0.3) is 22.8 Å². The van der Waals surface area contributed by atoms with Crippen LogP contribution in [-0.2, 0) is 0 Å². The standard InChI is InChI=1S/C15H10Cl2N2O2/c1-20-11-4-2-3-9(7-11)14-18-15(21-19-14)12-6-5-10(16)8-13(12)17/h2-8H,1H3. The Morgan fingerprint density at radius 3 is 2.71 bits per heavy atom. The Morgan fingerprint density at radius 1 is 1.10 bits per heavy atom. The Morgan fingerprint density at radius 2 is 1.95 bits per heavy atom. The summed E-state index contributed by atoms with van der Waals surface area (Å²) in [6.45, 7) is 0. The fourth-order valence-corrected chi connectivity index (χ4v) is 2.36. The van der Waals surface area contributed by atoms with Crippen LogP contribution in [0.2, 0.25) is 10.0 Å². The monoisotopic (exact) mass is 320 g/mol. The number of methoxy groups -OCH3 is 1. The summed E-state index contributed by atoms with van der Waals surface area (Å²) in [5.41, 5.74) is 1.44. The summed E-state index contributed by atoms with van der Waals surface area (Å²) in [7, 11) is 1.61. The first-order valence-corrected chi connectivity index (χ1v) is 6.86. The molecule has 106 valence electrons. The third kappa shape index (κ3) is 2.86. The molecule has 1 aromatic heterocycles. The van der Waals surface area contributed by atoms with E-state index in [-0.39, 0.29) is 0 Å². The van der Waals surface area contributed by atoms with Crippen molar-refractivity contribution in [2.75, 3.05) is 7.11 Å². The average molecular weight is 321 g/mol. The molecule has 2 aromatic carbocycles. The quantitative estimate of drug-likeness (QED) is 0.700. The molecule has 6 heteroatoms. The highest BCUT2D eigenvalue weighted by Crippen LogP contribution is 2.31. The van der Waals surface area contributed by atoms with Gasteiger partial charge >= 0.3 is 0 Å². The van der Waals surface area contributed by atoms with E-state index in [0.29, 0.717) is 27.3 Å². The van der Waals surface area contributed by atoms with Crippen molar-refractivity contribution < 1.29 is 9.26 Å². The number of halogens is 2. The third-order valence-corrected chi connectivity index (χ3v) is 3.46. The summed E-state index contributed by atoms with van der Waals surface area (Å²) in [4.78, 5) is 4.36. The molecule has 3 rings (SSSR count). The van der Waals surface area contributed by atoms with Gasteiger partial charge in [0, 0.05) is 10.6 Å². The summed E-state index contributed by atoms with van der Waals surface area (Å²) >= 11 is 12.0. The SMILES string of the molecule is COc1cccc(-c2noc(-c3ccc(Cl)cc3Cl)n2)c1. The van der Waals surface area contributed by atoms with E-state index < -0.39 is 0 Å². The molecule has 0 fully saturated rings. The molecule has 21 heavy (non-hydrogen) atoms. The van der Waals surface area contributed by atoms with Crippen molar-refractivity contribution in [3.05, 3.63) is 52.5 Å². The summed E-state index contributed by atoms with van der Waals surface area (Å²) in [6, 6.07) is 12.5. The zero-order valence-electron chi connectivity index (χ0n) is 11.0. The highest BCUT2D eigenvalue weighted by atomic mass is 35.5. The van der Waals surface area contributed by atoms with Gasteiger partial charge in [-0.25, -0.2) is 0 Å². The molecule has 0 bridgehead atoms. The van der Waals surface area contributed by atoms with E-state index in [2.05, 4.69) is 10.1 Å². The van der Waals surface area contributed by atoms with Crippen LogP contribution < -0.4 is 4.74 Å². The molecule has 0 aliphatic heterocycles. The van der Waals surface area contributed by atoms with Gasteiger partial charge in [0.15, 0.2) is 0 Å². The predicted molar refractivity (Wildman–Crippen MR) is 81.7 cm³/mol. The molecule has 1 heterocycles. The number of ether oxygens (including phenoxy) is 1. The molecule has 0 N–H and O–H groups in total. The van der Waals surface area contributed by atoms with Crippen LogP contribution in [0.15, 0.2) is 47.0 Å². The van der Waals surface area contributed by atoms with Gasteiger partial charge in [-0.3, -0.25) is 0 Å². The Bertz CT molecular complexity index is 787. The van der Waals surface area contributed by atoms with Crippen molar-refractivity contribution in [3.8, 4) is 28.6 Å². The topological polar surface area (TPSA) is 48.2 Å². The lowest BCUT2D eigenvalue weighted by molar-refractivity contribution is 0.414. The molecule has 0 saturated carbocycles. The van der Waals surface area contributed by atoms with E-state index in [1.165, 1.54) is 0 Å². The summed E-state index contributed by atoms with van der Waals surface area (Å²) in [5, 5.41) is 4.98. The van der Waals surface area contributed by atoms with Gasteiger partial charge < -0.3 is 9.26 Å². The molecule has 4 nitrogen and oxygen atoms in total. The lowest BCUT2D eigenvalue weighted by Gasteiger charge is -2.00. The van der Waals surface area contributed by atoms with Gasteiger partial charge in [-0.15, -0.1) is 0 Å². The lowest BCUT2D eigenvalue weighted by atomic mass is 10.2. The summed E-state index contributed by atoms with van der Waals surface area (Å²) in [5.74, 6) is 1.53. The highest BCUT2D eigenvalue weighted by molar-refractivity contribution is 6.36. The fraction of sp³-hybridized carbons (Fsp3) is 0.0667. The lowest BCUT2D eigenvalue weighted by Crippen LogP contribution is -1.85. The largest absolute Gasteiger partial charge is 0.497 e. The Labute approximate surface area is 131 Å². The van der Waals surface area contributed by atoms with Gasteiger partial charge in [0.1, 0.15) is 5.75 Å². The van der Waals surface area contributed by atoms with Crippen LogP contribution >= 0.6 is 23.2 Å². The minimum Gasteiger partial charge on any atom is -0.497 e. The highest BCUT2D eigenvalue weighted by Gasteiger charge is 2.14. The maximum Gasteiger partial charge on any atom is 0.259 e. The second-order valence-electron chi connectivity index (χ2n) is 4.28. The van der Waals surface area contributed by atoms with Crippen LogP contribution in [0.1, 0.15) is 0 Å². The molecule has 0 saturated heterocycles. The van der Waals surface area contributed by atoms with Gasteiger partial charge in [-0.05, 0) is 30.3 Å². The molecule has 0 atom stereocenters. The van der Waals surface area contributed by atoms with Gasteiger partial charge in [0.2, 0.25) is 5.82 Å². The second kappa shape index (κ2) is 5.76. The van der Waals surface area contributed by atoms with E-state index in [1.807, 2.05) is 24.3 Å². The number of rotatable bonds is 3. The zero-order chi connectivity index (χ0) is 14.8. The van der Waals surface area contributed by atoms with Gasteiger partial charge in [0.05, 0.1) is 17.7 Å². The van der Waals surface area contributed by atoms with E-state index in [9.17, 15) is 0 Å². The van der Waals surface area contributed by atoms with Crippen LogP contribution in [0, 0.1) is 0 Å². The second-order valence-corrected chi connectivity index (χ2v) is 5.12. The van der Waals surface area contributed by atoms with E-state index >= 15 is 0 Å². The van der Waals surface area contributed by atoms with Crippen molar-refractivity contribution in [3.63, 3.8) is 0 Å². The van der Waals surface area contributed by atoms with Gasteiger partial charge in [-0.2, -0.15) is 4.98 Å². The fourth-order valence-electron chi connectivity index (χ4n) is 1.88. The molecular formula is C15H10Cl2N2O2. The number of benzene rings is 2. The van der Waals surface area contributed by atoms with Crippen molar-refractivity contribution in [1.82, 2.24) is 10.1 Å². The molecule has 0 aliphatic rings. The molecule has 0 unspecified atom stereocenters. The maximum atomic E-state index is 6.13. The number of nitrogens with zero attached hydrogens (tertiary/aromatic N) is 2. The van der Waals surface area contributed by atoms with Crippen LogP contribution in [0.4, 0.5) is 0 Å². The normalized spacial score (nSPS) is 10.6. The summed E-state index contributed by atoms with van der Waals surface area (Å²) in [6.07, 6.45) is 0. The number of hydrogen-bond donors (Lipinski definition) is 0. The Kier molecular flexibility index (Phi) is 3.82.